The van der Waals surface area contributed by atoms with Gasteiger partial charge in [-0.1, -0.05) is 19.1 Å². The Hall–Kier alpha value is -1.55. The molecule has 1 saturated carbocycles. The number of hydrogen-bond acceptors (Lipinski definition) is 3. The van der Waals surface area contributed by atoms with Crippen LogP contribution in [0, 0.1) is 11.8 Å². The second-order valence-electron chi connectivity index (χ2n) is 5.74. The first-order chi connectivity index (χ1) is 9.58. The van der Waals surface area contributed by atoms with Gasteiger partial charge < -0.3 is 14.7 Å². The highest BCUT2D eigenvalue weighted by atomic mass is 16.5. The highest BCUT2D eigenvalue weighted by Crippen LogP contribution is 2.37. The lowest BCUT2D eigenvalue weighted by Gasteiger charge is -2.16. The molecule has 1 fully saturated rings. The highest BCUT2D eigenvalue weighted by Gasteiger charge is 2.32. The molecule has 2 unspecified atom stereocenters. The summed E-state index contributed by atoms with van der Waals surface area (Å²) in [6.07, 6.45) is 2.26. The number of para-hydroxylation sites is 1. The van der Waals surface area contributed by atoms with Crippen LogP contribution in [0.2, 0.25) is 0 Å². The first-order valence-corrected chi connectivity index (χ1v) is 7.21. The molecule has 1 aromatic carbocycles. The van der Waals surface area contributed by atoms with Gasteiger partial charge in [-0.3, -0.25) is 0 Å². The van der Waals surface area contributed by atoms with Crippen LogP contribution in [0.15, 0.2) is 24.3 Å². The summed E-state index contributed by atoms with van der Waals surface area (Å²) >= 11 is 0. The van der Waals surface area contributed by atoms with Crippen molar-refractivity contribution in [2.24, 2.45) is 11.8 Å². The van der Waals surface area contributed by atoms with Crippen LogP contribution in [0.3, 0.4) is 0 Å². The smallest absolute Gasteiger partial charge is 0.339 e. The Labute approximate surface area is 120 Å². The van der Waals surface area contributed by atoms with E-state index in [1.54, 1.807) is 24.3 Å². The summed E-state index contributed by atoms with van der Waals surface area (Å²) < 4.78 is 5.58. The average Bonchev–Trinajstić information content (AvgIpc) is 3.10. The van der Waals surface area contributed by atoms with Crippen LogP contribution in [0.4, 0.5) is 0 Å². The minimum absolute atomic E-state index is 0.229. The topological polar surface area (TPSA) is 49.8 Å². The third-order valence-corrected chi connectivity index (χ3v) is 3.88. The Morgan fingerprint density at radius 3 is 2.80 bits per heavy atom. The van der Waals surface area contributed by atoms with Crippen molar-refractivity contribution in [2.75, 3.05) is 26.7 Å². The van der Waals surface area contributed by atoms with Crippen molar-refractivity contribution in [3.8, 4) is 5.75 Å². The Morgan fingerprint density at radius 1 is 1.45 bits per heavy atom. The summed E-state index contributed by atoms with van der Waals surface area (Å²) in [7, 11) is 2.14. The van der Waals surface area contributed by atoms with E-state index in [4.69, 9.17) is 9.84 Å². The molecule has 0 heterocycles. The number of carbonyl (C=O) groups is 1. The van der Waals surface area contributed by atoms with Gasteiger partial charge in [-0.15, -0.1) is 0 Å². The molecule has 1 aliphatic rings. The van der Waals surface area contributed by atoms with Crippen LogP contribution >= 0.6 is 0 Å². The molecule has 20 heavy (non-hydrogen) atoms. The van der Waals surface area contributed by atoms with E-state index >= 15 is 0 Å². The minimum Gasteiger partial charge on any atom is -0.493 e. The third kappa shape index (κ3) is 4.23. The van der Waals surface area contributed by atoms with Crippen LogP contribution in [0.1, 0.15) is 30.1 Å². The molecule has 0 bridgehead atoms. The zero-order valence-electron chi connectivity index (χ0n) is 12.2. The van der Waals surface area contributed by atoms with E-state index in [9.17, 15) is 4.79 Å². The van der Waals surface area contributed by atoms with Gasteiger partial charge in [0.05, 0.1) is 6.61 Å². The molecule has 1 N–H and O–H groups in total. The predicted octanol–water partition coefficient (Wildman–Crippen LogP) is 2.74. The zero-order valence-corrected chi connectivity index (χ0v) is 12.2. The number of benzene rings is 1. The van der Waals surface area contributed by atoms with Gasteiger partial charge in [-0.2, -0.15) is 0 Å². The van der Waals surface area contributed by atoms with Gasteiger partial charge in [0.25, 0.3) is 0 Å². The van der Waals surface area contributed by atoms with Gasteiger partial charge in [-0.05, 0) is 43.9 Å². The molecule has 0 saturated heterocycles. The molecule has 2 atom stereocenters. The standard InChI is InChI=1S/C16H23NO3/c1-12-10-13(12)11-17(2)8-5-9-20-15-7-4-3-6-14(15)16(18)19/h3-4,6-7,12-13H,5,8-11H2,1-2H3,(H,18,19). The summed E-state index contributed by atoms with van der Waals surface area (Å²) in [6, 6.07) is 6.78. The molecular formula is C16H23NO3. The number of ether oxygens (including phenoxy) is 1. The van der Waals surface area contributed by atoms with Crippen LogP contribution in [-0.2, 0) is 0 Å². The third-order valence-electron chi connectivity index (χ3n) is 3.88. The first kappa shape index (κ1) is 14.9. The lowest BCUT2D eigenvalue weighted by molar-refractivity contribution is 0.0692. The number of carboxylic acids is 1. The van der Waals surface area contributed by atoms with Crippen LogP contribution < -0.4 is 4.74 Å². The van der Waals surface area contributed by atoms with Gasteiger partial charge in [-0.25, -0.2) is 4.79 Å². The van der Waals surface area contributed by atoms with Crippen LogP contribution in [0.25, 0.3) is 0 Å². The first-order valence-electron chi connectivity index (χ1n) is 7.21. The largest absolute Gasteiger partial charge is 0.493 e. The summed E-state index contributed by atoms with van der Waals surface area (Å²) in [5.41, 5.74) is 0.229. The molecule has 0 radical (unpaired) electrons. The van der Waals surface area contributed by atoms with E-state index in [1.165, 1.54) is 6.42 Å². The van der Waals surface area contributed by atoms with Crippen molar-refractivity contribution in [3.05, 3.63) is 29.8 Å². The summed E-state index contributed by atoms with van der Waals surface area (Å²) in [6.45, 7) is 4.99. The van der Waals surface area contributed by atoms with E-state index in [0.29, 0.717) is 12.4 Å². The van der Waals surface area contributed by atoms with Crippen molar-refractivity contribution in [2.45, 2.75) is 19.8 Å². The maximum atomic E-state index is 11.0. The van der Waals surface area contributed by atoms with Gasteiger partial charge in [0, 0.05) is 13.1 Å². The van der Waals surface area contributed by atoms with Gasteiger partial charge in [0.15, 0.2) is 0 Å². The number of nitrogens with zero attached hydrogens (tertiary/aromatic N) is 1. The monoisotopic (exact) mass is 277 g/mol. The predicted molar refractivity (Wildman–Crippen MR) is 78.3 cm³/mol. The van der Waals surface area contributed by atoms with E-state index in [2.05, 4.69) is 18.9 Å². The zero-order chi connectivity index (χ0) is 14.5. The maximum Gasteiger partial charge on any atom is 0.339 e. The second kappa shape index (κ2) is 6.75. The molecule has 0 aromatic heterocycles. The lowest BCUT2D eigenvalue weighted by Crippen LogP contribution is -2.24. The fourth-order valence-corrected chi connectivity index (χ4v) is 2.43. The Balaban J connectivity index is 1.69. The highest BCUT2D eigenvalue weighted by molar-refractivity contribution is 5.90. The van der Waals surface area contributed by atoms with E-state index < -0.39 is 5.97 Å². The van der Waals surface area contributed by atoms with Crippen LogP contribution in [0.5, 0.6) is 5.75 Å². The molecule has 0 amide bonds. The minimum atomic E-state index is -0.944. The summed E-state index contributed by atoms with van der Waals surface area (Å²) in [5, 5.41) is 9.05. The lowest BCUT2D eigenvalue weighted by atomic mass is 10.2. The Kier molecular flexibility index (Phi) is 5.01. The molecular weight excluding hydrogens is 254 g/mol. The Bertz CT molecular complexity index is 461. The number of rotatable bonds is 8. The van der Waals surface area contributed by atoms with Crippen LogP contribution in [-0.4, -0.2) is 42.7 Å². The quantitative estimate of drug-likeness (QED) is 0.742. The number of carboxylic acid groups (broad SMARTS) is 1. The molecule has 0 aliphatic heterocycles. The molecule has 0 spiro atoms. The molecule has 110 valence electrons. The Morgan fingerprint density at radius 2 is 2.15 bits per heavy atom. The van der Waals surface area contributed by atoms with Crippen molar-refractivity contribution in [1.29, 1.82) is 0 Å². The van der Waals surface area contributed by atoms with Gasteiger partial charge in [0.2, 0.25) is 0 Å². The summed E-state index contributed by atoms with van der Waals surface area (Å²) in [5.74, 6) is 1.27. The van der Waals surface area contributed by atoms with E-state index in [-0.39, 0.29) is 5.56 Å². The SMILES string of the molecule is CC1CC1CN(C)CCCOc1ccccc1C(=O)O. The van der Waals surface area contributed by atoms with Crippen molar-refractivity contribution in [1.82, 2.24) is 4.90 Å². The molecule has 2 rings (SSSR count). The number of aromatic carboxylic acids is 1. The maximum absolute atomic E-state index is 11.0. The van der Waals surface area contributed by atoms with Gasteiger partial charge in [0.1, 0.15) is 11.3 Å². The summed E-state index contributed by atoms with van der Waals surface area (Å²) in [4.78, 5) is 13.4. The van der Waals surface area contributed by atoms with Crippen molar-refractivity contribution >= 4 is 5.97 Å². The fourth-order valence-electron chi connectivity index (χ4n) is 2.43. The molecule has 1 aromatic rings. The second-order valence-corrected chi connectivity index (χ2v) is 5.74. The molecule has 4 nitrogen and oxygen atoms in total. The van der Waals surface area contributed by atoms with Gasteiger partial charge >= 0.3 is 5.97 Å². The normalized spacial score (nSPS) is 20.9. The number of hydrogen-bond donors (Lipinski definition) is 1. The van der Waals surface area contributed by atoms with Crippen molar-refractivity contribution in [3.63, 3.8) is 0 Å². The van der Waals surface area contributed by atoms with E-state index in [0.717, 1.165) is 31.3 Å². The average molecular weight is 277 g/mol. The van der Waals surface area contributed by atoms with Crippen molar-refractivity contribution < 1.29 is 14.6 Å². The molecule has 1 aliphatic carbocycles. The van der Waals surface area contributed by atoms with E-state index in [1.807, 2.05) is 0 Å². The fraction of sp³-hybridized carbons (Fsp3) is 0.562. The molecule has 4 heteroatoms.